The lowest BCUT2D eigenvalue weighted by Gasteiger charge is -2.33. The molecule has 0 saturated carbocycles. The van der Waals surface area contributed by atoms with Crippen LogP contribution in [0.1, 0.15) is 53.4 Å². The van der Waals surface area contributed by atoms with Crippen molar-refractivity contribution in [2.24, 2.45) is 49.5 Å². The molecule has 0 saturated heterocycles. The monoisotopic (exact) mass is 812 g/mol. The standard InChI is InChI=1S/C33H56N12O12/c1-25(17-38-42-34)13-29(46)54-9-5-50-21-33(22-51-6-10-55-30(47)14-26(2)18-39-43-35,23-52-7-11-56-31(48)15-27(3)19-40-44-36)24-53-8-12-57-32(49)16-28(4)20-41-45-37/h25-28H,5-24H2,1-4H3. The van der Waals surface area contributed by atoms with Gasteiger partial charge < -0.3 is 37.9 Å². The Labute approximate surface area is 331 Å². The fraction of sp³-hybridized carbons (Fsp3) is 0.879. The van der Waals surface area contributed by atoms with Crippen LogP contribution >= 0.6 is 0 Å². The van der Waals surface area contributed by atoms with Gasteiger partial charge >= 0.3 is 23.9 Å². The maximum Gasteiger partial charge on any atom is 0.306 e. The van der Waals surface area contributed by atoms with Crippen molar-refractivity contribution in [3.05, 3.63) is 41.8 Å². The number of carbonyl (C=O) groups excluding carboxylic acids is 4. The minimum atomic E-state index is -1.02. The van der Waals surface area contributed by atoms with Crippen LogP contribution < -0.4 is 0 Å². The van der Waals surface area contributed by atoms with Gasteiger partial charge in [-0.25, -0.2) is 0 Å². The summed E-state index contributed by atoms with van der Waals surface area (Å²) in [5.74, 6) is -2.83. The highest BCUT2D eigenvalue weighted by molar-refractivity contribution is 5.70. The summed E-state index contributed by atoms with van der Waals surface area (Å²) in [5.41, 5.74) is 32.9. The molecule has 0 aromatic rings. The Morgan fingerprint density at radius 1 is 0.421 bits per heavy atom. The lowest BCUT2D eigenvalue weighted by molar-refractivity contribution is -0.152. The molecule has 0 aliphatic rings. The number of ether oxygens (including phenoxy) is 8. The van der Waals surface area contributed by atoms with Crippen LogP contribution in [0, 0.1) is 29.1 Å². The van der Waals surface area contributed by atoms with Gasteiger partial charge in [0.1, 0.15) is 26.4 Å². The van der Waals surface area contributed by atoms with Crippen molar-refractivity contribution in [1.29, 1.82) is 0 Å². The molecule has 4 unspecified atom stereocenters. The third-order valence-corrected chi connectivity index (χ3v) is 7.48. The number of hydrogen-bond acceptors (Lipinski definition) is 16. The van der Waals surface area contributed by atoms with Gasteiger partial charge in [-0.1, -0.05) is 48.2 Å². The largest absolute Gasteiger partial charge is 0.463 e. The van der Waals surface area contributed by atoms with Crippen LogP contribution in [-0.4, -0.2) is 129 Å². The second-order valence-corrected chi connectivity index (χ2v) is 13.5. The normalized spacial score (nSPS) is 13.7. The van der Waals surface area contributed by atoms with Gasteiger partial charge in [-0.2, -0.15) is 0 Å². The van der Waals surface area contributed by atoms with Gasteiger partial charge in [-0.05, 0) is 45.8 Å². The summed E-state index contributed by atoms with van der Waals surface area (Å²) >= 11 is 0. The summed E-state index contributed by atoms with van der Waals surface area (Å²) in [7, 11) is 0. The topological polar surface area (TPSA) is 337 Å². The van der Waals surface area contributed by atoms with Gasteiger partial charge in [0, 0.05) is 71.5 Å². The van der Waals surface area contributed by atoms with Gasteiger partial charge in [0.25, 0.3) is 0 Å². The third-order valence-electron chi connectivity index (χ3n) is 7.48. The van der Waals surface area contributed by atoms with Crippen LogP contribution in [0.4, 0.5) is 0 Å². The van der Waals surface area contributed by atoms with Crippen LogP contribution in [-0.2, 0) is 57.1 Å². The molecule has 0 aliphatic carbocycles. The van der Waals surface area contributed by atoms with Gasteiger partial charge in [-0.3, -0.25) is 19.2 Å². The van der Waals surface area contributed by atoms with Crippen LogP contribution in [0.5, 0.6) is 0 Å². The van der Waals surface area contributed by atoms with E-state index < -0.39 is 29.3 Å². The molecule has 24 heteroatoms. The van der Waals surface area contributed by atoms with Crippen LogP contribution in [0.15, 0.2) is 20.5 Å². The van der Waals surface area contributed by atoms with Crippen molar-refractivity contribution >= 4 is 23.9 Å². The molecule has 0 fully saturated rings. The first kappa shape index (κ1) is 52.0. The van der Waals surface area contributed by atoms with Gasteiger partial charge in [0.15, 0.2) is 0 Å². The van der Waals surface area contributed by atoms with Crippen LogP contribution in [0.25, 0.3) is 41.8 Å². The molecular formula is C33H56N12O12. The van der Waals surface area contributed by atoms with Gasteiger partial charge in [0.2, 0.25) is 0 Å². The number of rotatable bonds is 36. The minimum Gasteiger partial charge on any atom is -0.463 e. The molecule has 0 bridgehead atoms. The number of hydrogen-bond donors (Lipinski definition) is 0. The Morgan fingerprint density at radius 2 is 0.632 bits per heavy atom. The lowest BCUT2D eigenvalue weighted by atomic mass is 9.92. The minimum absolute atomic E-state index is 0.0127. The molecule has 0 heterocycles. The average Bonchev–Trinajstić information content (AvgIpc) is 3.16. The van der Waals surface area contributed by atoms with E-state index in [0.717, 1.165) is 0 Å². The molecule has 0 aromatic heterocycles. The summed E-state index contributed by atoms with van der Waals surface area (Å²) in [5, 5.41) is 13.8. The highest BCUT2D eigenvalue weighted by atomic mass is 16.6. The highest BCUT2D eigenvalue weighted by Crippen LogP contribution is 2.21. The van der Waals surface area contributed by atoms with Gasteiger partial charge in [-0.15, -0.1) is 0 Å². The van der Waals surface area contributed by atoms with Crippen molar-refractivity contribution in [2.75, 3.05) is 105 Å². The fourth-order valence-corrected chi connectivity index (χ4v) is 4.60. The van der Waals surface area contributed by atoms with E-state index in [9.17, 15) is 19.2 Å². The van der Waals surface area contributed by atoms with Crippen LogP contribution in [0.3, 0.4) is 0 Å². The molecule has 24 nitrogen and oxygen atoms in total. The summed E-state index contributed by atoms with van der Waals surface area (Å²) in [4.78, 5) is 59.6. The van der Waals surface area contributed by atoms with E-state index in [1.165, 1.54) is 0 Å². The fourth-order valence-electron chi connectivity index (χ4n) is 4.60. The number of azide groups is 4. The molecule has 0 aliphatic heterocycles. The lowest BCUT2D eigenvalue weighted by Crippen LogP contribution is -2.43. The van der Waals surface area contributed by atoms with E-state index in [2.05, 4.69) is 40.1 Å². The molecule has 57 heavy (non-hydrogen) atoms. The first-order valence-electron chi connectivity index (χ1n) is 18.4. The quantitative estimate of drug-likeness (QED) is 0.0187. The van der Waals surface area contributed by atoms with E-state index in [1.54, 1.807) is 27.7 Å². The van der Waals surface area contributed by atoms with Gasteiger partial charge in [0.05, 0.1) is 58.3 Å². The second-order valence-electron chi connectivity index (χ2n) is 13.5. The summed E-state index contributed by atoms with van der Waals surface area (Å²) in [6, 6.07) is 0. The smallest absolute Gasteiger partial charge is 0.306 e. The molecule has 0 spiro atoms. The Hall–Kier alpha value is -5.04. The maximum atomic E-state index is 12.2. The molecule has 0 aromatic carbocycles. The van der Waals surface area contributed by atoms with E-state index in [1.807, 2.05) is 0 Å². The van der Waals surface area contributed by atoms with Crippen LogP contribution in [0.2, 0.25) is 0 Å². The van der Waals surface area contributed by atoms with Crippen molar-refractivity contribution in [2.45, 2.75) is 53.4 Å². The SMILES string of the molecule is CC(CN=[N+]=[N-])CC(=O)OCCOCC(COCCOC(=O)CC(C)CN=[N+]=[N-])(COCCOC(=O)CC(C)CN=[N+]=[N-])COCCOC(=O)CC(C)CN=[N+]=[N-]. The molecule has 0 amide bonds. The molecular weight excluding hydrogens is 756 g/mol. The van der Waals surface area contributed by atoms with E-state index in [0.29, 0.717) is 0 Å². The number of esters is 4. The van der Waals surface area contributed by atoms with Crippen molar-refractivity contribution in [3.8, 4) is 0 Å². The van der Waals surface area contributed by atoms with Crippen molar-refractivity contribution in [1.82, 2.24) is 0 Å². The molecule has 320 valence electrons. The Morgan fingerprint density at radius 3 is 0.825 bits per heavy atom. The summed E-state index contributed by atoms with van der Waals surface area (Å²) < 4.78 is 44.6. The molecule has 4 atom stereocenters. The van der Waals surface area contributed by atoms with E-state index >= 15 is 0 Å². The van der Waals surface area contributed by atoms with Crippen molar-refractivity contribution < 1.29 is 57.1 Å². The summed E-state index contributed by atoms with van der Waals surface area (Å²) in [6.07, 6.45) is 0.184. The average molecular weight is 813 g/mol. The zero-order valence-corrected chi connectivity index (χ0v) is 33.2. The Bertz CT molecular complexity index is 1180. The Kier molecular flexibility index (Phi) is 31.2. The predicted octanol–water partition coefficient (Wildman–Crippen LogP) is 5.56. The Balaban J connectivity index is 5.58. The molecule has 0 rings (SSSR count). The summed E-state index contributed by atoms with van der Waals surface area (Å²) in [6.45, 7) is 7.02. The number of nitrogens with zero attached hydrogens (tertiary/aromatic N) is 12. The predicted molar refractivity (Wildman–Crippen MR) is 201 cm³/mol. The number of carbonyl (C=O) groups is 4. The zero-order valence-electron chi connectivity index (χ0n) is 33.2. The molecule has 0 radical (unpaired) electrons. The van der Waals surface area contributed by atoms with E-state index in [4.69, 9.17) is 60.0 Å². The zero-order chi connectivity index (χ0) is 42.6. The van der Waals surface area contributed by atoms with Crippen molar-refractivity contribution in [3.63, 3.8) is 0 Å². The first-order chi connectivity index (χ1) is 27.4. The molecule has 0 N–H and O–H groups in total. The maximum absolute atomic E-state index is 12.2. The first-order valence-corrected chi connectivity index (χ1v) is 18.4. The third kappa shape index (κ3) is 30.8. The second kappa shape index (κ2) is 34.2. The van der Waals surface area contributed by atoms with E-state index in [-0.39, 0.29) is 155 Å². The highest BCUT2D eigenvalue weighted by Gasteiger charge is 2.33.